The first-order chi connectivity index (χ1) is 6.63. The van der Waals surface area contributed by atoms with Crippen LogP contribution < -0.4 is 5.73 Å². The van der Waals surface area contributed by atoms with E-state index in [2.05, 4.69) is 10.1 Å². The van der Waals surface area contributed by atoms with E-state index in [0.717, 1.165) is 25.9 Å². The van der Waals surface area contributed by atoms with E-state index in [9.17, 15) is 5.11 Å². The first-order valence-corrected chi connectivity index (χ1v) is 5.00. The standard InChI is InChI=1S/C9H19N3O2/c1-7(13)8-3-2-4-12(5-8)6-9(10)11-14/h7-8,13-14H,2-6H2,1H3,(H2,10,11)/t7-,8+/m0/s1. The molecule has 0 aromatic heterocycles. The third-order valence-electron chi connectivity index (χ3n) is 2.74. The highest BCUT2D eigenvalue weighted by atomic mass is 16.4. The number of aliphatic hydroxyl groups is 1. The highest BCUT2D eigenvalue weighted by Crippen LogP contribution is 2.19. The smallest absolute Gasteiger partial charge is 0.153 e. The van der Waals surface area contributed by atoms with Gasteiger partial charge in [0, 0.05) is 6.54 Å². The number of hydrogen-bond donors (Lipinski definition) is 3. The van der Waals surface area contributed by atoms with Crippen LogP contribution in [0.1, 0.15) is 19.8 Å². The Morgan fingerprint density at radius 2 is 2.43 bits per heavy atom. The summed E-state index contributed by atoms with van der Waals surface area (Å²) in [5.74, 6) is 0.548. The molecule has 5 nitrogen and oxygen atoms in total. The van der Waals surface area contributed by atoms with Gasteiger partial charge >= 0.3 is 0 Å². The topological polar surface area (TPSA) is 82.1 Å². The maximum Gasteiger partial charge on any atom is 0.153 e. The molecular weight excluding hydrogens is 182 g/mol. The van der Waals surface area contributed by atoms with Crippen LogP contribution >= 0.6 is 0 Å². The van der Waals surface area contributed by atoms with Crippen molar-refractivity contribution >= 4 is 5.84 Å². The normalized spacial score (nSPS) is 27.6. The average Bonchev–Trinajstić information content (AvgIpc) is 2.18. The van der Waals surface area contributed by atoms with Gasteiger partial charge in [-0.05, 0) is 32.2 Å². The molecule has 1 saturated heterocycles. The van der Waals surface area contributed by atoms with Crippen LogP contribution in [0.5, 0.6) is 0 Å². The van der Waals surface area contributed by atoms with Crippen LogP contribution in [0.2, 0.25) is 0 Å². The Balaban J connectivity index is 2.40. The number of amidine groups is 1. The van der Waals surface area contributed by atoms with Crippen LogP contribution in [-0.4, -0.2) is 46.8 Å². The largest absolute Gasteiger partial charge is 0.409 e. The molecule has 14 heavy (non-hydrogen) atoms. The molecule has 2 atom stereocenters. The molecule has 1 heterocycles. The monoisotopic (exact) mass is 201 g/mol. The predicted octanol–water partition coefficient (Wildman–Crippen LogP) is -0.174. The maximum atomic E-state index is 9.45. The molecule has 0 aromatic carbocycles. The molecule has 1 fully saturated rings. The van der Waals surface area contributed by atoms with Gasteiger partial charge in [-0.15, -0.1) is 0 Å². The van der Waals surface area contributed by atoms with E-state index in [4.69, 9.17) is 10.9 Å². The predicted molar refractivity (Wildman–Crippen MR) is 54.3 cm³/mol. The molecule has 0 aliphatic carbocycles. The summed E-state index contributed by atoms with van der Waals surface area (Å²) in [6, 6.07) is 0. The van der Waals surface area contributed by atoms with Gasteiger partial charge in [0.1, 0.15) is 0 Å². The van der Waals surface area contributed by atoms with Crippen LogP contribution in [-0.2, 0) is 0 Å². The molecule has 1 rings (SSSR count). The first-order valence-electron chi connectivity index (χ1n) is 5.00. The van der Waals surface area contributed by atoms with Crippen molar-refractivity contribution in [3.05, 3.63) is 0 Å². The summed E-state index contributed by atoms with van der Waals surface area (Å²) >= 11 is 0. The minimum Gasteiger partial charge on any atom is -0.409 e. The molecule has 0 radical (unpaired) electrons. The zero-order valence-electron chi connectivity index (χ0n) is 8.56. The summed E-state index contributed by atoms with van der Waals surface area (Å²) in [7, 11) is 0. The molecule has 0 spiro atoms. The van der Waals surface area contributed by atoms with Gasteiger partial charge < -0.3 is 16.0 Å². The number of nitrogens with zero attached hydrogens (tertiary/aromatic N) is 2. The van der Waals surface area contributed by atoms with Crippen molar-refractivity contribution in [2.75, 3.05) is 19.6 Å². The maximum absolute atomic E-state index is 9.45. The van der Waals surface area contributed by atoms with Gasteiger partial charge in [-0.1, -0.05) is 5.16 Å². The summed E-state index contributed by atoms with van der Waals surface area (Å²) in [6.07, 6.45) is 1.85. The van der Waals surface area contributed by atoms with Crippen molar-refractivity contribution in [2.24, 2.45) is 16.8 Å². The van der Waals surface area contributed by atoms with E-state index in [0.29, 0.717) is 12.5 Å². The quantitative estimate of drug-likeness (QED) is 0.256. The second-order valence-electron chi connectivity index (χ2n) is 3.97. The van der Waals surface area contributed by atoms with Crippen molar-refractivity contribution < 1.29 is 10.3 Å². The van der Waals surface area contributed by atoms with Crippen LogP contribution in [0.4, 0.5) is 0 Å². The fourth-order valence-electron chi connectivity index (χ4n) is 1.89. The van der Waals surface area contributed by atoms with E-state index in [1.54, 1.807) is 0 Å². The van der Waals surface area contributed by atoms with Crippen LogP contribution in [0, 0.1) is 5.92 Å². The Kier molecular flexibility index (Phi) is 4.16. The Morgan fingerprint density at radius 1 is 1.71 bits per heavy atom. The molecule has 0 unspecified atom stereocenters. The van der Waals surface area contributed by atoms with Crippen molar-refractivity contribution in [1.29, 1.82) is 0 Å². The lowest BCUT2D eigenvalue weighted by Crippen LogP contribution is -2.43. The fraction of sp³-hybridized carbons (Fsp3) is 0.889. The Bertz CT molecular complexity index is 206. The number of piperidine rings is 1. The summed E-state index contributed by atoms with van der Waals surface area (Å²) in [5, 5.41) is 20.8. The lowest BCUT2D eigenvalue weighted by Gasteiger charge is -2.33. The van der Waals surface area contributed by atoms with Gasteiger partial charge in [0.25, 0.3) is 0 Å². The molecule has 1 aliphatic heterocycles. The van der Waals surface area contributed by atoms with Gasteiger partial charge in [-0.25, -0.2) is 0 Å². The zero-order chi connectivity index (χ0) is 10.6. The number of nitrogens with two attached hydrogens (primary N) is 1. The Labute approximate surface area is 84.2 Å². The minimum absolute atomic E-state index is 0.233. The van der Waals surface area contributed by atoms with E-state index in [-0.39, 0.29) is 11.9 Å². The Morgan fingerprint density at radius 3 is 3.00 bits per heavy atom. The van der Waals surface area contributed by atoms with E-state index >= 15 is 0 Å². The third kappa shape index (κ3) is 3.16. The summed E-state index contributed by atoms with van der Waals surface area (Å²) in [6.45, 7) is 4.09. The van der Waals surface area contributed by atoms with E-state index < -0.39 is 0 Å². The van der Waals surface area contributed by atoms with E-state index in [1.165, 1.54) is 0 Å². The van der Waals surface area contributed by atoms with Crippen molar-refractivity contribution in [3.8, 4) is 0 Å². The molecule has 0 saturated carbocycles. The van der Waals surface area contributed by atoms with Gasteiger partial charge in [0.15, 0.2) is 5.84 Å². The fourth-order valence-corrected chi connectivity index (χ4v) is 1.89. The molecule has 1 aliphatic rings. The third-order valence-corrected chi connectivity index (χ3v) is 2.74. The molecule has 0 amide bonds. The van der Waals surface area contributed by atoms with Crippen LogP contribution in [0.25, 0.3) is 0 Å². The SMILES string of the molecule is C[C@H](O)[C@@H]1CCCN(CC(N)=NO)C1. The number of rotatable bonds is 3. The van der Waals surface area contributed by atoms with Gasteiger partial charge in [-0.3, -0.25) is 4.90 Å². The average molecular weight is 201 g/mol. The lowest BCUT2D eigenvalue weighted by molar-refractivity contribution is 0.0686. The minimum atomic E-state index is -0.273. The van der Waals surface area contributed by atoms with Gasteiger partial charge in [-0.2, -0.15) is 0 Å². The van der Waals surface area contributed by atoms with Crippen LogP contribution in [0.15, 0.2) is 5.16 Å². The van der Waals surface area contributed by atoms with Crippen LogP contribution in [0.3, 0.4) is 0 Å². The summed E-state index contributed by atoms with van der Waals surface area (Å²) in [4.78, 5) is 2.11. The number of likely N-dealkylation sites (tertiary alicyclic amines) is 1. The van der Waals surface area contributed by atoms with Gasteiger partial charge in [0.05, 0.1) is 12.6 Å². The number of hydrogen-bond acceptors (Lipinski definition) is 4. The molecule has 5 heteroatoms. The summed E-state index contributed by atoms with van der Waals surface area (Å²) in [5.41, 5.74) is 5.42. The highest BCUT2D eigenvalue weighted by molar-refractivity contribution is 5.81. The zero-order valence-corrected chi connectivity index (χ0v) is 8.56. The molecule has 0 bridgehead atoms. The molecule has 0 aromatic rings. The first kappa shape index (κ1) is 11.3. The highest BCUT2D eigenvalue weighted by Gasteiger charge is 2.23. The Hall–Kier alpha value is -0.810. The van der Waals surface area contributed by atoms with E-state index in [1.807, 2.05) is 6.92 Å². The number of aliphatic hydroxyl groups excluding tert-OH is 1. The molecule has 82 valence electrons. The molecular formula is C9H19N3O2. The number of oxime groups is 1. The summed E-state index contributed by atoms with van der Waals surface area (Å²) < 4.78 is 0. The van der Waals surface area contributed by atoms with Gasteiger partial charge in [0.2, 0.25) is 0 Å². The lowest BCUT2D eigenvalue weighted by atomic mass is 9.93. The van der Waals surface area contributed by atoms with Crippen molar-refractivity contribution in [3.63, 3.8) is 0 Å². The van der Waals surface area contributed by atoms with Crippen molar-refractivity contribution in [1.82, 2.24) is 4.90 Å². The second-order valence-corrected chi connectivity index (χ2v) is 3.97. The second kappa shape index (κ2) is 5.17. The molecule has 4 N–H and O–H groups in total. The van der Waals surface area contributed by atoms with Crippen molar-refractivity contribution in [2.45, 2.75) is 25.9 Å².